The average molecular weight is 307 g/mol. The minimum absolute atomic E-state index is 0.0139. The van der Waals surface area contributed by atoms with Gasteiger partial charge in [-0.3, -0.25) is 4.98 Å². The van der Waals surface area contributed by atoms with E-state index in [1.54, 1.807) is 0 Å². The highest BCUT2D eigenvalue weighted by Gasteiger charge is 2.20. The maximum absolute atomic E-state index is 12.4. The molecule has 2 heterocycles. The monoisotopic (exact) mass is 307 g/mol. The molecule has 4 nitrogen and oxygen atoms in total. The van der Waals surface area contributed by atoms with Gasteiger partial charge in [0.2, 0.25) is 0 Å². The van der Waals surface area contributed by atoms with Crippen LogP contribution in [0.3, 0.4) is 0 Å². The molecular formula is C19H21N3O. The van der Waals surface area contributed by atoms with Crippen LogP contribution in [0.5, 0.6) is 0 Å². The third-order valence-corrected chi connectivity index (χ3v) is 4.84. The second kappa shape index (κ2) is 6.03. The lowest BCUT2D eigenvalue weighted by Gasteiger charge is -2.29. The van der Waals surface area contributed by atoms with Crippen molar-refractivity contribution in [2.24, 2.45) is 0 Å². The van der Waals surface area contributed by atoms with Crippen LogP contribution in [-0.2, 0) is 32.4 Å². The first-order chi connectivity index (χ1) is 11.3. The van der Waals surface area contributed by atoms with Gasteiger partial charge in [-0.25, -0.2) is 4.79 Å². The van der Waals surface area contributed by atoms with Gasteiger partial charge in [-0.2, -0.15) is 0 Å². The fraction of sp³-hybridized carbons (Fsp3) is 0.368. The molecule has 0 saturated carbocycles. The van der Waals surface area contributed by atoms with Crippen molar-refractivity contribution in [3.63, 3.8) is 0 Å². The first-order valence-corrected chi connectivity index (χ1v) is 8.36. The van der Waals surface area contributed by atoms with Gasteiger partial charge in [-0.05, 0) is 47.9 Å². The van der Waals surface area contributed by atoms with Crippen molar-refractivity contribution in [2.45, 2.75) is 38.8 Å². The van der Waals surface area contributed by atoms with E-state index in [4.69, 9.17) is 0 Å². The van der Waals surface area contributed by atoms with Crippen LogP contribution >= 0.6 is 0 Å². The minimum atomic E-state index is 0.0139. The van der Waals surface area contributed by atoms with Gasteiger partial charge in [0.15, 0.2) is 0 Å². The van der Waals surface area contributed by atoms with Gasteiger partial charge in [0.1, 0.15) is 0 Å². The SMILES string of the molecule is O=C(NCc1cnc2c(c1)CCC2)N1CCc2ccccc2C1. The zero-order valence-electron chi connectivity index (χ0n) is 13.2. The maximum Gasteiger partial charge on any atom is 0.317 e. The van der Waals surface area contributed by atoms with Gasteiger partial charge in [0, 0.05) is 31.5 Å². The molecule has 23 heavy (non-hydrogen) atoms. The first-order valence-electron chi connectivity index (χ1n) is 8.36. The lowest BCUT2D eigenvalue weighted by molar-refractivity contribution is 0.192. The zero-order chi connectivity index (χ0) is 15.6. The van der Waals surface area contributed by atoms with Crippen molar-refractivity contribution in [2.75, 3.05) is 6.54 Å². The van der Waals surface area contributed by atoms with Crippen molar-refractivity contribution in [3.8, 4) is 0 Å². The van der Waals surface area contributed by atoms with E-state index in [0.717, 1.165) is 31.4 Å². The Hall–Kier alpha value is -2.36. The van der Waals surface area contributed by atoms with E-state index in [1.165, 1.54) is 28.8 Å². The fourth-order valence-electron chi connectivity index (χ4n) is 3.53. The largest absolute Gasteiger partial charge is 0.334 e. The van der Waals surface area contributed by atoms with Crippen LogP contribution in [0.2, 0.25) is 0 Å². The Balaban J connectivity index is 1.37. The molecule has 2 aromatic rings. The molecule has 4 heteroatoms. The second-order valence-corrected chi connectivity index (χ2v) is 6.40. The molecule has 1 aromatic heterocycles. The van der Waals surface area contributed by atoms with E-state index in [0.29, 0.717) is 13.1 Å². The molecule has 0 spiro atoms. The molecule has 0 fully saturated rings. The van der Waals surface area contributed by atoms with Crippen molar-refractivity contribution in [1.29, 1.82) is 0 Å². The van der Waals surface area contributed by atoms with Crippen LogP contribution < -0.4 is 5.32 Å². The van der Waals surface area contributed by atoms with E-state index in [-0.39, 0.29) is 6.03 Å². The smallest absolute Gasteiger partial charge is 0.317 e. The quantitative estimate of drug-likeness (QED) is 0.927. The summed E-state index contributed by atoms with van der Waals surface area (Å²) in [5.74, 6) is 0. The molecule has 1 N–H and O–H groups in total. The maximum atomic E-state index is 12.4. The minimum Gasteiger partial charge on any atom is -0.334 e. The highest BCUT2D eigenvalue weighted by Crippen LogP contribution is 2.21. The topological polar surface area (TPSA) is 45.2 Å². The summed E-state index contributed by atoms with van der Waals surface area (Å²) in [5, 5.41) is 3.04. The molecule has 2 amide bonds. The number of carbonyl (C=O) groups excluding carboxylic acids is 1. The Morgan fingerprint density at radius 2 is 2.00 bits per heavy atom. The van der Waals surface area contributed by atoms with E-state index in [9.17, 15) is 4.79 Å². The van der Waals surface area contributed by atoms with Crippen LogP contribution in [0.1, 0.15) is 34.4 Å². The van der Waals surface area contributed by atoms with E-state index in [2.05, 4.69) is 34.6 Å². The molecular weight excluding hydrogens is 286 g/mol. The van der Waals surface area contributed by atoms with Gasteiger partial charge in [0.05, 0.1) is 0 Å². The number of aromatic nitrogens is 1. The Morgan fingerprint density at radius 3 is 2.91 bits per heavy atom. The molecule has 1 aliphatic heterocycles. The van der Waals surface area contributed by atoms with E-state index in [1.807, 2.05) is 17.2 Å². The first kappa shape index (κ1) is 14.2. The highest BCUT2D eigenvalue weighted by molar-refractivity contribution is 5.74. The molecule has 0 saturated heterocycles. The Morgan fingerprint density at radius 1 is 1.13 bits per heavy atom. The predicted octanol–water partition coefficient (Wildman–Crippen LogP) is 2.84. The van der Waals surface area contributed by atoms with E-state index < -0.39 is 0 Å². The van der Waals surface area contributed by atoms with Crippen LogP contribution in [0, 0.1) is 0 Å². The molecule has 0 radical (unpaired) electrons. The van der Waals surface area contributed by atoms with Gasteiger partial charge in [0.25, 0.3) is 0 Å². The standard InChI is InChI=1S/C19H21N3O/c23-19(22-9-8-15-4-1-2-5-17(15)13-22)21-12-14-10-16-6-3-7-18(16)20-11-14/h1-2,4-5,10-11H,3,6-9,12-13H2,(H,21,23). The van der Waals surface area contributed by atoms with Crippen LogP contribution in [0.25, 0.3) is 0 Å². The van der Waals surface area contributed by atoms with Crippen molar-refractivity contribution >= 4 is 6.03 Å². The van der Waals surface area contributed by atoms with Crippen molar-refractivity contribution in [3.05, 3.63) is 64.5 Å². The molecule has 1 aromatic carbocycles. The fourth-order valence-corrected chi connectivity index (χ4v) is 3.53. The summed E-state index contributed by atoms with van der Waals surface area (Å²) in [5.41, 5.74) is 6.29. The number of urea groups is 1. The molecule has 0 bridgehead atoms. The average Bonchev–Trinajstić information content (AvgIpc) is 3.07. The number of hydrogen-bond donors (Lipinski definition) is 1. The summed E-state index contributed by atoms with van der Waals surface area (Å²) in [7, 11) is 0. The number of nitrogens with one attached hydrogen (secondary N) is 1. The molecule has 1 aliphatic carbocycles. The summed E-state index contributed by atoms with van der Waals surface area (Å²) < 4.78 is 0. The Kier molecular flexibility index (Phi) is 3.74. The number of aryl methyl sites for hydroxylation is 2. The molecule has 118 valence electrons. The molecule has 4 rings (SSSR count). The van der Waals surface area contributed by atoms with Crippen molar-refractivity contribution < 1.29 is 4.79 Å². The lowest BCUT2D eigenvalue weighted by atomic mass is 10.0. The number of rotatable bonds is 2. The molecule has 0 atom stereocenters. The number of amides is 2. The molecule has 0 unspecified atom stereocenters. The number of nitrogens with zero attached hydrogens (tertiary/aromatic N) is 2. The van der Waals surface area contributed by atoms with Crippen LogP contribution in [-0.4, -0.2) is 22.5 Å². The highest BCUT2D eigenvalue weighted by atomic mass is 16.2. The summed E-state index contributed by atoms with van der Waals surface area (Å²) >= 11 is 0. The zero-order valence-corrected chi connectivity index (χ0v) is 13.2. The van der Waals surface area contributed by atoms with Gasteiger partial charge in [-0.15, -0.1) is 0 Å². The Labute approximate surface area is 136 Å². The number of hydrogen-bond acceptors (Lipinski definition) is 2. The molecule has 2 aliphatic rings. The third-order valence-electron chi connectivity index (χ3n) is 4.84. The van der Waals surface area contributed by atoms with Crippen LogP contribution in [0.15, 0.2) is 36.5 Å². The third kappa shape index (κ3) is 2.93. The number of fused-ring (bicyclic) bond motifs is 2. The van der Waals surface area contributed by atoms with E-state index >= 15 is 0 Å². The number of carbonyl (C=O) groups is 1. The summed E-state index contributed by atoms with van der Waals surface area (Å²) in [6, 6.07) is 10.6. The van der Waals surface area contributed by atoms with Gasteiger partial charge in [-0.1, -0.05) is 30.3 Å². The number of benzene rings is 1. The summed E-state index contributed by atoms with van der Waals surface area (Å²) in [4.78, 5) is 18.8. The van der Waals surface area contributed by atoms with Gasteiger partial charge >= 0.3 is 6.03 Å². The van der Waals surface area contributed by atoms with Crippen LogP contribution in [0.4, 0.5) is 4.79 Å². The predicted molar refractivity (Wildman–Crippen MR) is 89.1 cm³/mol. The normalized spacial score (nSPS) is 15.9. The number of pyridine rings is 1. The summed E-state index contributed by atoms with van der Waals surface area (Å²) in [6.45, 7) is 2.03. The summed E-state index contributed by atoms with van der Waals surface area (Å²) in [6.07, 6.45) is 6.24. The lowest BCUT2D eigenvalue weighted by Crippen LogP contribution is -2.42. The second-order valence-electron chi connectivity index (χ2n) is 6.40. The van der Waals surface area contributed by atoms with Crippen molar-refractivity contribution in [1.82, 2.24) is 15.2 Å². The van der Waals surface area contributed by atoms with Gasteiger partial charge < -0.3 is 10.2 Å². The Bertz CT molecular complexity index is 741.